The van der Waals surface area contributed by atoms with Gasteiger partial charge in [-0.1, -0.05) is 42.5 Å². The molecule has 2 N–H and O–H groups in total. The van der Waals surface area contributed by atoms with Gasteiger partial charge in [0.2, 0.25) is 0 Å². The van der Waals surface area contributed by atoms with Crippen LogP contribution in [0.2, 0.25) is 0 Å². The van der Waals surface area contributed by atoms with Crippen molar-refractivity contribution in [3.05, 3.63) is 64.1 Å². The van der Waals surface area contributed by atoms with Crippen molar-refractivity contribution in [3.8, 4) is 0 Å². The number of guanidine groups is 1. The quantitative estimate of drug-likeness (QED) is 0.492. The van der Waals surface area contributed by atoms with E-state index in [1.54, 1.807) is 11.3 Å². The van der Waals surface area contributed by atoms with E-state index in [2.05, 4.69) is 76.9 Å². The van der Waals surface area contributed by atoms with Crippen molar-refractivity contribution in [2.24, 2.45) is 4.99 Å². The Morgan fingerprint density at radius 3 is 2.69 bits per heavy atom. The maximum absolute atomic E-state index is 4.66. The van der Waals surface area contributed by atoms with E-state index in [9.17, 15) is 0 Å². The minimum absolute atomic E-state index is 0.748. The summed E-state index contributed by atoms with van der Waals surface area (Å²) < 4.78 is 0. The molecule has 0 unspecified atom stereocenters. The molecule has 3 aromatic rings. The van der Waals surface area contributed by atoms with Gasteiger partial charge in [-0.2, -0.15) is 0 Å². The Morgan fingerprint density at radius 2 is 1.92 bits per heavy atom. The monoisotopic (exact) mass is 366 g/mol. The Balaban J connectivity index is 1.51. The normalized spacial score (nSPS) is 11.7. The number of hydrogen-bond donors (Lipinski definition) is 2. The molecule has 2 aromatic carbocycles. The summed E-state index contributed by atoms with van der Waals surface area (Å²) in [4.78, 5) is 10.3. The fourth-order valence-corrected chi connectivity index (χ4v) is 3.62. The molecular weight excluding hydrogens is 340 g/mol. The zero-order chi connectivity index (χ0) is 18.2. The van der Waals surface area contributed by atoms with E-state index >= 15 is 0 Å². The summed E-state index contributed by atoms with van der Waals surface area (Å²) >= 11 is 1.75. The SMILES string of the molecule is CCNC(=NCCc1ncc(C)s1)NCCc1ccc2ccccc2c1. The van der Waals surface area contributed by atoms with E-state index in [4.69, 9.17) is 0 Å². The third kappa shape index (κ3) is 5.30. The maximum Gasteiger partial charge on any atom is 0.191 e. The highest BCUT2D eigenvalue weighted by molar-refractivity contribution is 7.11. The van der Waals surface area contributed by atoms with Gasteiger partial charge in [0.05, 0.1) is 5.01 Å². The minimum Gasteiger partial charge on any atom is -0.357 e. The fourth-order valence-electron chi connectivity index (χ4n) is 2.84. The number of rotatable bonds is 7. The van der Waals surface area contributed by atoms with Crippen LogP contribution in [0.3, 0.4) is 0 Å². The van der Waals surface area contributed by atoms with Crippen molar-refractivity contribution >= 4 is 28.1 Å². The molecule has 0 saturated carbocycles. The second-order valence-electron chi connectivity index (χ2n) is 6.23. The molecule has 0 bridgehead atoms. The van der Waals surface area contributed by atoms with Crippen molar-refractivity contribution in [2.45, 2.75) is 26.7 Å². The van der Waals surface area contributed by atoms with Gasteiger partial charge < -0.3 is 10.6 Å². The average molecular weight is 367 g/mol. The van der Waals surface area contributed by atoms with E-state index in [1.165, 1.54) is 21.2 Å². The first kappa shape index (κ1) is 18.4. The van der Waals surface area contributed by atoms with E-state index < -0.39 is 0 Å². The van der Waals surface area contributed by atoms with Crippen LogP contribution in [0.15, 0.2) is 53.7 Å². The van der Waals surface area contributed by atoms with Gasteiger partial charge in [0, 0.05) is 37.1 Å². The van der Waals surface area contributed by atoms with E-state index in [0.717, 1.165) is 43.4 Å². The predicted octanol–water partition coefficient (Wildman–Crippen LogP) is 3.95. The first-order valence-electron chi connectivity index (χ1n) is 9.16. The minimum atomic E-state index is 0.748. The second-order valence-corrected chi connectivity index (χ2v) is 7.55. The average Bonchev–Trinajstić information content (AvgIpc) is 3.07. The number of aryl methyl sites for hydroxylation is 1. The lowest BCUT2D eigenvalue weighted by Crippen LogP contribution is -2.38. The van der Waals surface area contributed by atoms with Crippen LogP contribution in [0.1, 0.15) is 22.4 Å². The topological polar surface area (TPSA) is 49.3 Å². The third-order valence-electron chi connectivity index (χ3n) is 4.13. The molecule has 0 spiro atoms. The van der Waals surface area contributed by atoms with Crippen molar-refractivity contribution in [2.75, 3.05) is 19.6 Å². The lowest BCUT2D eigenvalue weighted by atomic mass is 10.1. The number of benzene rings is 2. The molecule has 136 valence electrons. The Labute approximate surface area is 159 Å². The molecule has 3 rings (SSSR count). The number of fused-ring (bicyclic) bond motifs is 1. The highest BCUT2D eigenvalue weighted by Gasteiger charge is 2.01. The van der Waals surface area contributed by atoms with E-state index in [-0.39, 0.29) is 0 Å². The second kappa shape index (κ2) is 9.34. The number of nitrogens with one attached hydrogen (secondary N) is 2. The lowest BCUT2D eigenvalue weighted by molar-refractivity contribution is 0.796. The molecule has 0 fully saturated rings. The van der Waals surface area contributed by atoms with Crippen LogP contribution in [0.4, 0.5) is 0 Å². The third-order valence-corrected chi connectivity index (χ3v) is 5.10. The number of aromatic nitrogens is 1. The fraction of sp³-hybridized carbons (Fsp3) is 0.333. The molecule has 1 heterocycles. The smallest absolute Gasteiger partial charge is 0.191 e. The summed E-state index contributed by atoms with van der Waals surface area (Å²) in [5.74, 6) is 0.876. The summed E-state index contributed by atoms with van der Waals surface area (Å²) in [5.41, 5.74) is 1.34. The van der Waals surface area contributed by atoms with Crippen molar-refractivity contribution < 1.29 is 0 Å². The van der Waals surface area contributed by atoms with Crippen LogP contribution in [0.5, 0.6) is 0 Å². The number of hydrogen-bond acceptors (Lipinski definition) is 3. The molecule has 0 saturated heterocycles. The van der Waals surface area contributed by atoms with Gasteiger partial charge in [-0.05, 0) is 36.6 Å². The molecule has 0 aliphatic rings. The summed E-state index contributed by atoms with van der Waals surface area (Å²) in [6, 6.07) is 15.2. The number of thiazole rings is 1. The summed E-state index contributed by atoms with van der Waals surface area (Å²) in [6.45, 7) is 6.64. The summed E-state index contributed by atoms with van der Waals surface area (Å²) in [5, 5.41) is 10.5. The molecule has 0 aliphatic carbocycles. The lowest BCUT2D eigenvalue weighted by Gasteiger charge is -2.11. The summed E-state index contributed by atoms with van der Waals surface area (Å²) in [6.07, 6.45) is 3.79. The zero-order valence-corrected chi connectivity index (χ0v) is 16.3. The van der Waals surface area contributed by atoms with Crippen molar-refractivity contribution in [3.63, 3.8) is 0 Å². The van der Waals surface area contributed by atoms with Crippen LogP contribution in [-0.4, -0.2) is 30.6 Å². The van der Waals surface area contributed by atoms with Crippen LogP contribution < -0.4 is 10.6 Å². The molecule has 26 heavy (non-hydrogen) atoms. The Morgan fingerprint density at radius 1 is 1.08 bits per heavy atom. The van der Waals surface area contributed by atoms with Gasteiger partial charge in [0.25, 0.3) is 0 Å². The van der Waals surface area contributed by atoms with Gasteiger partial charge in [-0.15, -0.1) is 11.3 Å². The predicted molar refractivity (Wildman–Crippen MR) is 112 cm³/mol. The van der Waals surface area contributed by atoms with E-state index in [0.29, 0.717) is 0 Å². The number of aliphatic imine (C=N–C) groups is 1. The van der Waals surface area contributed by atoms with E-state index in [1.807, 2.05) is 6.20 Å². The molecular formula is C21H26N4S. The van der Waals surface area contributed by atoms with Crippen LogP contribution in [0.25, 0.3) is 10.8 Å². The zero-order valence-electron chi connectivity index (χ0n) is 15.5. The van der Waals surface area contributed by atoms with Crippen LogP contribution in [-0.2, 0) is 12.8 Å². The van der Waals surface area contributed by atoms with Crippen LogP contribution in [0, 0.1) is 6.92 Å². The Kier molecular flexibility index (Phi) is 6.61. The van der Waals surface area contributed by atoms with Gasteiger partial charge in [-0.25, -0.2) is 4.98 Å². The summed E-state index contributed by atoms with van der Waals surface area (Å²) in [7, 11) is 0. The molecule has 0 atom stereocenters. The standard InChI is InChI=1S/C21H26N4S/c1-3-22-21(24-13-11-20-25-15-16(2)26-20)23-12-10-17-8-9-18-6-4-5-7-19(18)14-17/h4-9,14-15H,3,10-13H2,1-2H3,(H2,22,23,24). The molecule has 0 radical (unpaired) electrons. The highest BCUT2D eigenvalue weighted by Crippen LogP contribution is 2.15. The van der Waals surface area contributed by atoms with Crippen molar-refractivity contribution in [1.82, 2.24) is 15.6 Å². The molecule has 1 aromatic heterocycles. The number of nitrogens with zero attached hydrogens (tertiary/aromatic N) is 2. The Bertz CT molecular complexity index is 869. The Hall–Kier alpha value is -2.40. The first-order valence-corrected chi connectivity index (χ1v) is 9.97. The molecule has 4 nitrogen and oxygen atoms in total. The van der Waals surface area contributed by atoms with Crippen molar-refractivity contribution in [1.29, 1.82) is 0 Å². The van der Waals surface area contributed by atoms with Gasteiger partial charge in [0.15, 0.2) is 5.96 Å². The highest BCUT2D eigenvalue weighted by atomic mass is 32.1. The largest absolute Gasteiger partial charge is 0.357 e. The molecule has 0 aliphatic heterocycles. The van der Waals surface area contributed by atoms with Gasteiger partial charge in [0.1, 0.15) is 0 Å². The van der Waals surface area contributed by atoms with Gasteiger partial charge in [-0.3, -0.25) is 4.99 Å². The molecule has 5 heteroatoms. The first-order chi connectivity index (χ1) is 12.7. The molecule has 0 amide bonds. The maximum atomic E-state index is 4.66. The van der Waals surface area contributed by atoms with Crippen LogP contribution >= 0.6 is 11.3 Å². The van der Waals surface area contributed by atoms with Gasteiger partial charge >= 0.3 is 0 Å².